The molecule has 0 amide bonds. The van der Waals surface area contributed by atoms with Crippen LogP contribution >= 0.6 is 11.3 Å². The number of hydrogen-bond acceptors (Lipinski definition) is 4. The standard InChI is InChI=1S/C14H15NO3S/c16-14(17)12-3-5-18-13(12)8-15(11-1-2-11)7-10-4-6-19-9-10/h3-6,9,11H,1-2,7-8H2,(H,16,17). The van der Waals surface area contributed by atoms with Crippen LogP contribution in [0.25, 0.3) is 0 Å². The Labute approximate surface area is 115 Å². The Morgan fingerprint density at radius 3 is 2.89 bits per heavy atom. The molecular formula is C14H15NO3S. The van der Waals surface area contributed by atoms with Gasteiger partial charge in [-0.15, -0.1) is 0 Å². The Balaban J connectivity index is 1.74. The molecule has 1 fully saturated rings. The first kappa shape index (κ1) is 12.4. The van der Waals surface area contributed by atoms with Gasteiger partial charge in [-0.25, -0.2) is 4.79 Å². The average molecular weight is 277 g/mol. The van der Waals surface area contributed by atoms with E-state index in [4.69, 9.17) is 9.52 Å². The van der Waals surface area contributed by atoms with Gasteiger partial charge in [-0.1, -0.05) is 0 Å². The lowest BCUT2D eigenvalue weighted by Gasteiger charge is -2.20. The molecule has 2 heterocycles. The van der Waals surface area contributed by atoms with Gasteiger partial charge in [-0.2, -0.15) is 11.3 Å². The molecule has 0 aliphatic heterocycles. The van der Waals surface area contributed by atoms with Gasteiger partial charge in [-0.05, 0) is 41.3 Å². The van der Waals surface area contributed by atoms with Crippen LogP contribution < -0.4 is 0 Å². The van der Waals surface area contributed by atoms with Gasteiger partial charge in [0.05, 0.1) is 12.8 Å². The van der Waals surface area contributed by atoms with Crippen LogP contribution in [0.4, 0.5) is 0 Å². The highest BCUT2D eigenvalue weighted by molar-refractivity contribution is 7.07. The summed E-state index contributed by atoms with van der Waals surface area (Å²) in [6.45, 7) is 1.42. The normalized spacial score (nSPS) is 15.0. The minimum atomic E-state index is -0.921. The molecule has 0 bridgehead atoms. The summed E-state index contributed by atoms with van der Waals surface area (Å²) in [4.78, 5) is 13.4. The molecule has 0 unspecified atom stereocenters. The van der Waals surface area contributed by atoms with E-state index in [9.17, 15) is 4.79 Å². The van der Waals surface area contributed by atoms with Crippen LogP contribution in [-0.2, 0) is 13.1 Å². The van der Waals surface area contributed by atoms with Crippen LogP contribution in [0.1, 0.15) is 34.5 Å². The van der Waals surface area contributed by atoms with Crippen LogP contribution in [0.2, 0.25) is 0 Å². The molecule has 0 spiro atoms. The predicted octanol–water partition coefficient (Wildman–Crippen LogP) is 3.20. The Morgan fingerprint density at radius 1 is 1.42 bits per heavy atom. The molecule has 2 aromatic rings. The number of furan rings is 1. The summed E-state index contributed by atoms with van der Waals surface area (Å²) >= 11 is 1.69. The summed E-state index contributed by atoms with van der Waals surface area (Å²) in [7, 11) is 0. The fourth-order valence-electron chi connectivity index (χ4n) is 2.21. The van der Waals surface area contributed by atoms with Crippen molar-refractivity contribution in [2.45, 2.75) is 32.0 Å². The molecule has 100 valence electrons. The highest BCUT2D eigenvalue weighted by Crippen LogP contribution is 2.30. The zero-order valence-electron chi connectivity index (χ0n) is 10.4. The van der Waals surface area contributed by atoms with Crippen molar-refractivity contribution in [3.63, 3.8) is 0 Å². The molecule has 1 aliphatic rings. The van der Waals surface area contributed by atoms with Gasteiger partial charge in [0.25, 0.3) is 0 Å². The third kappa shape index (κ3) is 2.88. The van der Waals surface area contributed by atoms with E-state index in [1.807, 2.05) is 0 Å². The summed E-state index contributed by atoms with van der Waals surface area (Å²) in [6.07, 6.45) is 3.83. The number of hydrogen-bond donors (Lipinski definition) is 1. The molecule has 1 aliphatic carbocycles. The molecule has 4 nitrogen and oxygen atoms in total. The van der Waals surface area contributed by atoms with Gasteiger partial charge in [0.1, 0.15) is 11.3 Å². The highest BCUT2D eigenvalue weighted by atomic mass is 32.1. The molecule has 0 saturated heterocycles. The summed E-state index contributed by atoms with van der Waals surface area (Å²) in [5.74, 6) is -0.371. The first-order valence-corrected chi connectivity index (χ1v) is 7.23. The summed E-state index contributed by atoms with van der Waals surface area (Å²) in [5.41, 5.74) is 1.55. The van der Waals surface area contributed by atoms with Crippen LogP contribution in [0, 0.1) is 0 Å². The van der Waals surface area contributed by atoms with Gasteiger partial charge >= 0.3 is 5.97 Å². The Bertz CT molecular complexity index is 557. The van der Waals surface area contributed by atoms with Crippen LogP contribution in [-0.4, -0.2) is 22.0 Å². The van der Waals surface area contributed by atoms with Gasteiger partial charge in [0.15, 0.2) is 0 Å². The Hall–Kier alpha value is -1.59. The van der Waals surface area contributed by atoms with Crippen molar-refractivity contribution >= 4 is 17.3 Å². The van der Waals surface area contributed by atoms with Crippen molar-refractivity contribution < 1.29 is 14.3 Å². The first-order valence-electron chi connectivity index (χ1n) is 6.29. The van der Waals surface area contributed by atoms with E-state index in [-0.39, 0.29) is 5.56 Å². The Kier molecular flexibility index (Phi) is 3.40. The van der Waals surface area contributed by atoms with E-state index in [1.54, 1.807) is 11.3 Å². The lowest BCUT2D eigenvalue weighted by atomic mass is 10.2. The first-order chi connectivity index (χ1) is 9.24. The van der Waals surface area contributed by atoms with Crippen LogP contribution in [0.3, 0.4) is 0 Å². The van der Waals surface area contributed by atoms with E-state index in [1.165, 1.54) is 30.7 Å². The van der Waals surface area contributed by atoms with E-state index < -0.39 is 5.97 Å². The van der Waals surface area contributed by atoms with Gasteiger partial charge in [0.2, 0.25) is 0 Å². The SMILES string of the molecule is O=C(O)c1ccoc1CN(Cc1ccsc1)C1CC1. The number of carboxylic acid groups (broad SMARTS) is 1. The maximum Gasteiger partial charge on any atom is 0.339 e. The van der Waals surface area contributed by atoms with Crippen molar-refractivity contribution in [2.75, 3.05) is 0 Å². The predicted molar refractivity (Wildman–Crippen MR) is 72.3 cm³/mol. The lowest BCUT2D eigenvalue weighted by molar-refractivity contribution is 0.0692. The number of aromatic carboxylic acids is 1. The van der Waals surface area contributed by atoms with Crippen molar-refractivity contribution in [1.82, 2.24) is 4.90 Å². The monoisotopic (exact) mass is 277 g/mol. The van der Waals surface area contributed by atoms with Crippen molar-refractivity contribution in [3.05, 3.63) is 46.0 Å². The fourth-order valence-corrected chi connectivity index (χ4v) is 2.87. The molecular weight excluding hydrogens is 262 g/mol. The maximum atomic E-state index is 11.1. The second-order valence-corrected chi connectivity index (χ2v) is 5.61. The number of carbonyl (C=O) groups is 1. The van der Waals surface area contributed by atoms with Crippen LogP contribution in [0.15, 0.2) is 33.6 Å². The molecule has 0 aromatic carbocycles. The summed E-state index contributed by atoms with van der Waals surface area (Å²) in [6, 6.07) is 4.19. The molecule has 3 rings (SSSR count). The zero-order valence-corrected chi connectivity index (χ0v) is 11.2. The Morgan fingerprint density at radius 2 is 2.26 bits per heavy atom. The third-order valence-electron chi connectivity index (χ3n) is 3.35. The largest absolute Gasteiger partial charge is 0.478 e. The number of rotatable bonds is 6. The van der Waals surface area contributed by atoms with E-state index in [0.29, 0.717) is 18.3 Å². The van der Waals surface area contributed by atoms with Crippen LogP contribution in [0.5, 0.6) is 0 Å². The number of thiophene rings is 1. The topological polar surface area (TPSA) is 53.7 Å². The number of nitrogens with zero attached hydrogens (tertiary/aromatic N) is 1. The van der Waals surface area contributed by atoms with E-state index in [0.717, 1.165) is 6.54 Å². The third-order valence-corrected chi connectivity index (χ3v) is 4.08. The smallest absolute Gasteiger partial charge is 0.339 e. The minimum absolute atomic E-state index is 0.274. The summed E-state index contributed by atoms with van der Waals surface area (Å²) < 4.78 is 5.33. The van der Waals surface area contributed by atoms with Gasteiger partial charge < -0.3 is 9.52 Å². The number of carboxylic acids is 1. The van der Waals surface area contributed by atoms with E-state index >= 15 is 0 Å². The molecule has 2 aromatic heterocycles. The average Bonchev–Trinajstić information content (AvgIpc) is 2.90. The lowest BCUT2D eigenvalue weighted by Crippen LogP contribution is -2.25. The second kappa shape index (κ2) is 5.19. The molecule has 19 heavy (non-hydrogen) atoms. The summed E-state index contributed by atoms with van der Waals surface area (Å²) in [5, 5.41) is 13.3. The minimum Gasteiger partial charge on any atom is -0.478 e. The molecule has 1 N–H and O–H groups in total. The zero-order chi connectivity index (χ0) is 13.2. The van der Waals surface area contributed by atoms with E-state index in [2.05, 4.69) is 21.7 Å². The molecule has 0 radical (unpaired) electrons. The van der Waals surface area contributed by atoms with Gasteiger partial charge in [-0.3, -0.25) is 4.90 Å². The van der Waals surface area contributed by atoms with Crippen molar-refractivity contribution in [3.8, 4) is 0 Å². The second-order valence-electron chi connectivity index (χ2n) is 4.83. The highest BCUT2D eigenvalue weighted by Gasteiger charge is 2.30. The van der Waals surface area contributed by atoms with Crippen molar-refractivity contribution in [1.29, 1.82) is 0 Å². The molecule has 0 atom stereocenters. The quantitative estimate of drug-likeness (QED) is 0.881. The maximum absolute atomic E-state index is 11.1. The fraction of sp³-hybridized carbons (Fsp3) is 0.357. The van der Waals surface area contributed by atoms with Crippen molar-refractivity contribution in [2.24, 2.45) is 0 Å². The molecule has 5 heteroatoms. The molecule has 1 saturated carbocycles. The van der Waals surface area contributed by atoms with Gasteiger partial charge in [0, 0.05) is 12.6 Å².